The third-order valence-electron chi connectivity index (χ3n) is 2.32. The number of unbranched alkanes of at least 4 members (excludes halogenated alkanes) is 3. The first-order chi connectivity index (χ1) is 6.35. The van der Waals surface area contributed by atoms with Gasteiger partial charge in [0.05, 0.1) is 6.61 Å². The molecule has 0 aliphatic rings. The molecule has 0 radical (unpaired) electrons. The quantitative estimate of drug-likeness (QED) is 0.560. The topological polar surface area (TPSA) is 23.5 Å². The summed E-state index contributed by atoms with van der Waals surface area (Å²) in [7, 11) is 0. The van der Waals surface area contributed by atoms with E-state index in [0.29, 0.717) is 6.61 Å². The van der Waals surface area contributed by atoms with Crippen molar-refractivity contribution in [3.63, 3.8) is 0 Å². The summed E-state index contributed by atoms with van der Waals surface area (Å²) in [5, 5.41) is 8.85. The standard InChI is InChI=1S/C11H25NO/c1-3-5-7-9-12(10-11-13)8-6-4-2/h13H,3-11H2,1-2H3. The van der Waals surface area contributed by atoms with Gasteiger partial charge in [0.15, 0.2) is 0 Å². The first-order valence-electron chi connectivity index (χ1n) is 5.68. The van der Waals surface area contributed by atoms with Crippen LogP contribution >= 0.6 is 0 Å². The summed E-state index contributed by atoms with van der Waals surface area (Å²) in [6, 6.07) is 0. The van der Waals surface area contributed by atoms with Crippen LogP contribution in [0.15, 0.2) is 0 Å². The van der Waals surface area contributed by atoms with E-state index < -0.39 is 0 Å². The van der Waals surface area contributed by atoms with Gasteiger partial charge >= 0.3 is 0 Å². The van der Waals surface area contributed by atoms with Gasteiger partial charge in [0.2, 0.25) is 0 Å². The van der Waals surface area contributed by atoms with Gasteiger partial charge in [-0.05, 0) is 25.9 Å². The third-order valence-corrected chi connectivity index (χ3v) is 2.32. The highest BCUT2D eigenvalue weighted by Crippen LogP contribution is 2.00. The molecule has 13 heavy (non-hydrogen) atoms. The lowest BCUT2D eigenvalue weighted by Gasteiger charge is -2.20. The predicted octanol–water partition coefficient (Wildman–Crippen LogP) is 2.27. The average Bonchev–Trinajstić information content (AvgIpc) is 2.14. The van der Waals surface area contributed by atoms with Crippen LogP contribution in [-0.4, -0.2) is 36.2 Å². The fourth-order valence-electron chi connectivity index (χ4n) is 1.44. The summed E-state index contributed by atoms with van der Waals surface area (Å²) < 4.78 is 0. The van der Waals surface area contributed by atoms with Crippen LogP contribution in [0.3, 0.4) is 0 Å². The summed E-state index contributed by atoms with van der Waals surface area (Å²) in [5.74, 6) is 0. The molecule has 0 aromatic rings. The minimum Gasteiger partial charge on any atom is -0.395 e. The minimum atomic E-state index is 0.301. The highest BCUT2D eigenvalue weighted by molar-refractivity contribution is 4.56. The Morgan fingerprint density at radius 1 is 0.846 bits per heavy atom. The maximum atomic E-state index is 8.85. The monoisotopic (exact) mass is 187 g/mol. The van der Waals surface area contributed by atoms with E-state index in [0.717, 1.165) is 19.6 Å². The van der Waals surface area contributed by atoms with Crippen molar-refractivity contribution in [1.82, 2.24) is 4.90 Å². The summed E-state index contributed by atoms with van der Waals surface area (Å²) >= 11 is 0. The van der Waals surface area contributed by atoms with Crippen LogP contribution in [0.2, 0.25) is 0 Å². The van der Waals surface area contributed by atoms with Crippen molar-refractivity contribution in [3.05, 3.63) is 0 Å². The van der Waals surface area contributed by atoms with Gasteiger partial charge < -0.3 is 10.0 Å². The largest absolute Gasteiger partial charge is 0.395 e. The molecule has 0 unspecified atom stereocenters. The van der Waals surface area contributed by atoms with Gasteiger partial charge in [0, 0.05) is 6.54 Å². The number of hydrogen-bond acceptors (Lipinski definition) is 2. The maximum absolute atomic E-state index is 8.85. The van der Waals surface area contributed by atoms with Crippen molar-refractivity contribution < 1.29 is 5.11 Å². The van der Waals surface area contributed by atoms with Crippen molar-refractivity contribution in [2.24, 2.45) is 0 Å². The van der Waals surface area contributed by atoms with Gasteiger partial charge in [-0.3, -0.25) is 0 Å². The van der Waals surface area contributed by atoms with Gasteiger partial charge in [-0.25, -0.2) is 0 Å². The van der Waals surface area contributed by atoms with E-state index >= 15 is 0 Å². The Morgan fingerprint density at radius 2 is 1.46 bits per heavy atom. The zero-order chi connectivity index (χ0) is 9.94. The summed E-state index contributed by atoms with van der Waals surface area (Å²) in [6.45, 7) is 7.90. The zero-order valence-electron chi connectivity index (χ0n) is 9.26. The zero-order valence-corrected chi connectivity index (χ0v) is 9.26. The molecule has 0 spiro atoms. The second-order valence-corrected chi connectivity index (χ2v) is 3.63. The lowest BCUT2D eigenvalue weighted by molar-refractivity contribution is 0.191. The molecule has 0 heterocycles. The lowest BCUT2D eigenvalue weighted by atomic mass is 10.2. The van der Waals surface area contributed by atoms with E-state index in [9.17, 15) is 0 Å². The number of nitrogens with zero attached hydrogens (tertiary/aromatic N) is 1. The molecule has 0 amide bonds. The first-order valence-corrected chi connectivity index (χ1v) is 5.68. The van der Waals surface area contributed by atoms with Crippen molar-refractivity contribution in [1.29, 1.82) is 0 Å². The molecule has 0 fully saturated rings. The van der Waals surface area contributed by atoms with Crippen molar-refractivity contribution >= 4 is 0 Å². The van der Waals surface area contributed by atoms with Crippen molar-refractivity contribution in [3.8, 4) is 0 Å². The molecular weight excluding hydrogens is 162 g/mol. The van der Waals surface area contributed by atoms with E-state index in [1.807, 2.05) is 0 Å². The first kappa shape index (κ1) is 12.9. The molecule has 2 nitrogen and oxygen atoms in total. The van der Waals surface area contributed by atoms with E-state index in [1.165, 1.54) is 32.1 Å². The lowest BCUT2D eigenvalue weighted by Crippen LogP contribution is -2.29. The highest BCUT2D eigenvalue weighted by Gasteiger charge is 2.01. The molecule has 0 aliphatic carbocycles. The van der Waals surface area contributed by atoms with E-state index in [1.54, 1.807) is 0 Å². The Bertz CT molecular complexity index is 96.1. The number of aliphatic hydroxyl groups is 1. The number of hydrogen-bond donors (Lipinski definition) is 1. The maximum Gasteiger partial charge on any atom is 0.0558 e. The van der Waals surface area contributed by atoms with Crippen molar-refractivity contribution in [2.75, 3.05) is 26.2 Å². The number of aliphatic hydroxyl groups excluding tert-OH is 1. The molecule has 0 saturated carbocycles. The van der Waals surface area contributed by atoms with Crippen LogP contribution in [0.25, 0.3) is 0 Å². The van der Waals surface area contributed by atoms with E-state index in [4.69, 9.17) is 5.11 Å². The average molecular weight is 187 g/mol. The molecule has 2 heteroatoms. The van der Waals surface area contributed by atoms with Crippen LogP contribution in [0.1, 0.15) is 46.0 Å². The summed E-state index contributed by atoms with van der Waals surface area (Å²) in [5.41, 5.74) is 0. The predicted molar refractivity (Wildman–Crippen MR) is 58.0 cm³/mol. The summed E-state index contributed by atoms with van der Waals surface area (Å²) in [4.78, 5) is 2.37. The van der Waals surface area contributed by atoms with Gasteiger partial charge in [-0.15, -0.1) is 0 Å². The van der Waals surface area contributed by atoms with Gasteiger partial charge in [-0.2, -0.15) is 0 Å². The van der Waals surface area contributed by atoms with Crippen LogP contribution < -0.4 is 0 Å². The van der Waals surface area contributed by atoms with Crippen LogP contribution in [0.5, 0.6) is 0 Å². The van der Waals surface area contributed by atoms with E-state index in [2.05, 4.69) is 18.7 Å². The van der Waals surface area contributed by atoms with Gasteiger partial charge in [0.1, 0.15) is 0 Å². The molecule has 0 atom stereocenters. The molecule has 80 valence electrons. The molecule has 0 rings (SSSR count). The Hall–Kier alpha value is -0.0800. The fraction of sp³-hybridized carbons (Fsp3) is 1.00. The molecule has 0 aliphatic heterocycles. The Morgan fingerprint density at radius 3 is 2.00 bits per heavy atom. The molecule has 0 saturated heterocycles. The Labute approximate surface area is 82.9 Å². The highest BCUT2D eigenvalue weighted by atomic mass is 16.3. The summed E-state index contributed by atoms with van der Waals surface area (Å²) in [6.07, 6.45) is 6.37. The van der Waals surface area contributed by atoms with Crippen LogP contribution in [0, 0.1) is 0 Å². The molecule has 0 aromatic carbocycles. The second-order valence-electron chi connectivity index (χ2n) is 3.63. The van der Waals surface area contributed by atoms with Gasteiger partial charge in [0.25, 0.3) is 0 Å². The van der Waals surface area contributed by atoms with Crippen LogP contribution in [-0.2, 0) is 0 Å². The fourth-order valence-corrected chi connectivity index (χ4v) is 1.44. The second kappa shape index (κ2) is 10.0. The van der Waals surface area contributed by atoms with E-state index in [-0.39, 0.29) is 0 Å². The molecular formula is C11H25NO. The molecule has 0 aromatic heterocycles. The van der Waals surface area contributed by atoms with Gasteiger partial charge in [-0.1, -0.05) is 33.1 Å². The smallest absolute Gasteiger partial charge is 0.0558 e. The normalized spacial score (nSPS) is 11.1. The number of rotatable bonds is 9. The molecule has 0 bridgehead atoms. The molecule has 1 N–H and O–H groups in total. The minimum absolute atomic E-state index is 0.301. The Balaban J connectivity index is 3.41. The van der Waals surface area contributed by atoms with Crippen LogP contribution in [0.4, 0.5) is 0 Å². The third kappa shape index (κ3) is 8.26. The SMILES string of the molecule is CCCCCN(CCO)CCCC. The van der Waals surface area contributed by atoms with Crippen molar-refractivity contribution in [2.45, 2.75) is 46.0 Å². The Kier molecular flexibility index (Phi) is 9.94.